The summed E-state index contributed by atoms with van der Waals surface area (Å²) in [5, 5.41) is 2.74. The molecule has 1 N–H and O–H groups in total. The normalized spacial score (nSPS) is 13.8. The fourth-order valence-corrected chi connectivity index (χ4v) is 2.25. The fourth-order valence-electron chi connectivity index (χ4n) is 1.74. The van der Waals surface area contributed by atoms with Gasteiger partial charge in [-0.1, -0.05) is 15.9 Å². The first kappa shape index (κ1) is 13.2. The van der Waals surface area contributed by atoms with Crippen molar-refractivity contribution in [3.8, 4) is 11.5 Å². The van der Waals surface area contributed by atoms with Crippen molar-refractivity contribution in [3.05, 3.63) is 22.2 Å². The molecule has 0 radical (unpaired) electrons. The lowest BCUT2D eigenvalue weighted by atomic mass is 10.1. The van der Waals surface area contributed by atoms with Gasteiger partial charge >= 0.3 is 6.09 Å². The van der Waals surface area contributed by atoms with Crippen LogP contribution in [-0.4, -0.2) is 18.2 Å². The number of hydrogen-bond acceptors (Lipinski definition) is 3. The summed E-state index contributed by atoms with van der Waals surface area (Å²) in [6, 6.07) is 3.60. The van der Waals surface area contributed by atoms with Crippen LogP contribution in [-0.2, 0) is 6.42 Å². The van der Waals surface area contributed by atoms with Crippen molar-refractivity contribution in [2.24, 2.45) is 0 Å². The van der Waals surface area contributed by atoms with E-state index >= 15 is 0 Å². The Morgan fingerprint density at radius 1 is 1.44 bits per heavy atom. The molecule has 0 atom stereocenters. The van der Waals surface area contributed by atoms with E-state index < -0.39 is 6.09 Å². The summed E-state index contributed by atoms with van der Waals surface area (Å²) < 4.78 is 11.8. The summed E-state index contributed by atoms with van der Waals surface area (Å²) in [5.74, 6) is 1.13. The first-order valence-electron chi connectivity index (χ1n) is 5.81. The van der Waals surface area contributed by atoms with Gasteiger partial charge in [0.05, 0.1) is 6.61 Å². The number of rotatable bonds is 1. The zero-order chi connectivity index (χ0) is 13.3. The summed E-state index contributed by atoms with van der Waals surface area (Å²) in [5.41, 5.74) is 0.729. The van der Waals surface area contributed by atoms with E-state index in [1.165, 1.54) is 0 Å². The van der Waals surface area contributed by atoms with E-state index in [4.69, 9.17) is 9.47 Å². The number of carbonyl (C=O) groups excluding carboxylic acids is 1. The van der Waals surface area contributed by atoms with Gasteiger partial charge in [-0.05, 0) is 32.9 Å². The molecule has 1 aliphatic rings. The van der Waals surface area contributed by atoms with Crippen molar-refractivity contribution in [2.75, 3.05) is 6.61 Å². The van der Waals surface area contributed by atoms with Crippen LogP contribution in [0.4, 0.5) is 4.79 Å². The topological polar surface area (TPSA) is 47.6 Å². The van der Waals surface area contributed by atoms with Gasteiger partial charge in [0, 0.05) is 22.0 Å². The third kappa shape index (κ3) is 2.96. The number of fused-ring (bicyclic) bond motifs is 1. The largest absolute Gasteiger partial charge is 0.489 e. The predicted molar refractivity (Wildman–Crippen MR) is 72.3 cm³/mol. The number of amides is 1. The van der Waals surface area contributed by atoms with Crippen LogP contribution in [0.1, 0.15) is 26.3 Å². The van der Waals surface area contributed by atoms with E-state index in [-0.39, 0.29) is 5.54 Å². The van der Waals surface area contributed by atoms with Crippen molar-refractivity contribution in [1.82, 2.24) is 5.32 Å². The predicted octanol–water partition coefficient (Wildman–Crippen LogP) is 3.27. The lowest BCUT2D eigenvalue weighted by molar-refractivity contribution is 0.188. The van der Waals surface area contributed by atoms with Gasteiger partial charge in [-0.15, -0.1) is 0 Å². The van der Waals surface area contributed by atoms with Gasteiger partial charge < -0.3 is 14.8 Å². The van der Waals surface area contributed by atoms with Gasteiger partial charge in [-0.25, -0.2) is 4.79 Å². The van der Waals surface area contributed by atoms with Crippen LogP contribution in [0, 0.1) is 0 Å². The fraction of sp³-hybridized carbons (Fsp3) is 0.462. The van der Waals surface area contributed by atoms with Crippen LogP contribution in [0.3, 0.4) is 0 Å². The molecule has 2 rings (SSSR count). The van der Waals surface area contributed by atoms with Gasteiger partial charge in [0.1, 0.15) is 0 Å². The standard InChI is InChI=1S/C13H16BrNO3/c1-13(2,3)15-12(16)18-10-5-4-9(14)8-6-7-17-11(8)10/h4-5H,6-7H2,1-3H3,(H,15,16). The molecular formula is C13H16BrNO3. The maximum atomic E-state index is 11.7. The second-order valence-corrected chi connectivity index (χ2v) is 6.07. The monoisotopic (exact) mass is 313 g/mol. The highest BCUT2D eigenvalue weighted by atomic mass is 79.9. The highest BCUT2D eigenvalue weighted by molar-refractivity contribution is 9.10. The Bertz CT molecular complexity index is 480. The van der Waals surface area contributed by atoms with Gasteiger partial charge in [0.25, 0.3) is 0 Å². The third-order valence-corrected chi connectivity index (χ3v) is 3.19. The minimum Gasteiger partial charge on any atom is -0.489 e. The summed E-state index contributed by atoms with van der Waals surface area (Å²) in [4.78, 5) is 11.7. The molecule has 1 aliphatic heterocycles. The smallest absolute Gasteiger partial charge is 0.413 e. The van der Waals surface area contributed by atoms with Crippen LogP contribution in [0.5, 0.6) is 11.5 Å². The molecule has 1 heterocycles. The van der Waals surface area contributed by atoms with Crippen molar-refractivity contribution in [1.29, 1.82) is 0 Å². The Kier molecular flexibility index (Phi) is 3.52. The summed E-state index contributed by atoms with van der Waals surface area (Å²) in [7, 11) is 0. The molecule has 0 unspecified atom stereocenters. The molecule has 5 heteroatoms. The van der Waals surface area contributed by atoms with Crippen molar-refractivity contribution in [2.45, 2.75) is 32.7 Å². The number of carbonyl (C=O) groups is 1. The average Bonchev–Trinajstić information content (AvgIpc) is 2.69. The summed E-state index contributed by atoms with van der Waals surface area (Å²) >= 11 is 3.46. The van der Waals surface area contributed by atoms with E-state index in [9.17, 15) is 4.79 Å². The highest BCUT2D eigenvalue weighted by Crippen LogP contribution is 2.40. The molecule has 1 aromatic rings. The molecule has 0 fully saturated rings. The Balaban J connectivity index is 2.16. The maximum Gasteiger partial charge on any atom is 0.413 e. The van der Waals surface area contributed by atoms with E-state index in [1.54, 1.807) is 6.07 Å². The molecule has 0 aromatic heterocycles. The van der Waals surface area contributed by atoms with Crippen molar-refractivity contribution >= 4 is 22.0 Å². The van der Waals surface area contributed by atoms with Gasteiger partial charge in [0.2, 0.25) is 0 Å². The molecule has 4 nitrogen and oxygen atoms in total. The SMILES string of the molecule is CC(C)(C)NC(=O)Oc1ccc(Br)c2c1OCC2. The van der Waals surface area contributed by atoms with Crippen molar-refractivity contribution in [3.63, 3.8) is 0 Å². The Morgan fingerprint density at radius 3 is 2.83 bits per heavy atom. The highest BCUT2D eigenvalue weighted by Gasteiger charge is 2.23. The molecule has 98 valence electrons. The summed E-state index contributed by atoms with van der Waals surface area (Å²) in [6.07, 6.45) is 0.358. The number of ether oxygens (including phenoxy) is 2. The van der Waals surface area contributed by atoms with Gasteiger partial charge in [0.15, 0.2) is 11.5 Å². The number of nitrogens with one attached hydrogen (secondary N) is 1. The summed E-state index contributed by atoms with van der Waals surface area (Å²) in [6.45, 7) is 6.32. The molecule has 1 aromatic carbocycles. The Morgan fingerprint density at radius 2 is 2.17 bits per heavy atom. The minimum atomic E-state index is -0.470. The van der Waals surface area contributed by atoms with Crippen molar-refractivity contribution < 1.29 is 14.3 Å². The average molecular weight is 314 g/mol. The molecule has 0 spiro atoms. The number of halogens is 1. The van der Waals surface area contributed by atoms with E-state index in [1.807, 2.05) is 26.8 Å². The number of hydrogen-bond donors (Lipinski definition) is 1. The Hall–Kier alpha value is -1.23. The van der Waals surface area contributed by atoms with Crippen LogP contribution >= 0.6 is 15.9 Å². The van der Waals surface area contributed by atoms with E-state index in [0.29, 0.717) is 18.1 Å². The van der Waals surface area contributed by atoms with Crippen LogP contribution in [0.15, 0.2) is 16.6 Å². The van der Waals surface area contributed by atoms with E-state index in [0.717, 1.165) is 16.5 Å². The lowest BCUT2D eigenvalue weighted by Crippen LogP contribution is -2.42. The van der Waals surface area contributed by atoms with Gasteiger partial charge in [-0.2, -0.15) is 0 Å². The molecule has 0 saturated heterocycles. The van der Waals surface area contributed by atoms with E-state index in [2.05, 4.69) is 21.2 Å². The molecular weight excluding hydrogens is 298 g/mol. The second-order valence-electron chi connectivity index (χ2n) is 5.22. The van der Waals surface area contributed by atoms with Gasteiger partial charge in [-0.3, -0.25) is 0 Å². The molecule has 18 heavy (non-hydrogen) atoms. The zero-order valence-electron chi connectivity index (χ0n) is 10.7. The van der Waals surface area contributed by atoms with Crippen LogP contribution in [0.2, 0.25) is 0 Å². The molecule has 0 bridgehead atoms. The quantitative estimate of drug-likeness (QED) is 0.865. The first-order valence-corrected chi connectivity index (χ1v) is 6.60. The van der Waals surface area contributed by atoms with Crippen LogP contribution < -0.4 is 14.8 Å². The first-order chi connectivity index (χ1) is 8.37. The molecule has 0 aliphatic carbocycles. The molecule has 0 saturated carbocycles. The minimum absolute atomic E-state index is 0.323. The Labute approximate surface area is 115 Å². The zero-order valence-corrected chi connectivity index (χ0v) is 12.3. The third-order valence-electron chi connectivity index (χ3n) is 2.45. The van der Waals surface area contributed by atoms with Crippen LogP contribution in [0.25, 0.3) is 0 Å². The second kappa shape index (κ2) is 4.80. The maximum absolute atomic E-state index is 11.7. The number of benzene rings is 1. The molecule has 1 amide bonds. The lowest BCUT2D eigenvalue weighted by Gasteiger charge is -2.20.